The summed E-state index contributed by atoms with van der Waals surface area (Å²) in [4.78, 5) is 14.3. The van der Waals surface area contributed by atoms with Crippen molar-refractivity contribution < 1.29 is 17.4 Å². The molecule has 8 heteroatoms. The minimum atomic E-state index is -3.60. The number of carbonyl (C=O) groups is 1. The SMILES string of the molecule is CC(C)N(Cc1cccc(OS(C)(=O)=O)c1)C(=O)Nc1cccc(Br)c1. The number of hydrogen-bond donors (Lipinski definition) is 1. The van der Waals surface area contributed by atoms with E-state index < -0.39 is 10.1 Å². The van der Waals surface area contributed by atoms with E-state index in [9.17, 15) is 13.2 Å². The minimum absolute atomic E-state index is 0.0540. The second-order valence-electron chi connectivity index (χ2n) is 6.10. The summed E-state index contributed by atoms with van der Waals surface area (Å²) in [6.45, 7) is 4.15. The molecule has 0 aromatic heterocycles. The maximum absolute atomic E-state index is 12.7. The Hall–Kier alpha value is -2.06. The molecule has 0 aliphatic carbocycles. The van der Waals surface area contributed by atoms with E-state index in [1.165, 1.54) is 0 Å². The molecule has 0 spiro atoms. The molecule has 2 aromatic carbocycles. The number of hydrogen-bond acceptors (Lipinski definition) is 4. The van der Waals surface area contributed by atoms with E-state index >= 15 is 0 Å². The van der Waals surface area contributed by atoms with Gasteiger partial charge in [-0.2, -0.15) is 8.42 Å². The molecule has 0 heterocycles. The van der Waals surface area contributed by atoms with Gasteiger partial charge in [0.05, 0.1) is 6.26 Å². The predicted molar refractivity (Wildman–Crippen MR) is 106 cm³/mol. The minimum Gasteiger partial charge on any atom is -0.383 e. The lowest BCUT2D eigenvalue weighted by atomic mass is 10.2. The van der Waals surface area contributed by atoms with E-state index in [4.69, 9.17) is 4.18 Å². The van der Waals surface area contributed by atoms with Crippen LogP contribution in [0.15, 0.2) is 53.0 Å². The largest absolute Gasteiger partial charge is 0.383 e. The van der Waals surface area contributed by atoms with E-state index in [0.717, 1.165) is 16.3 Å². The van der Waals surface area contributed by atoms with Gasteiger partial charge >= 0.3 is 16.1 Å². The van der Waals surface area contributed by atoms with E-state index in [1.54, 1.807) is 23.1 Å². The topological polar surface area (TPSA) is 75.7 Å². The molecule has 0 aliphatic rings. The molecule has 0 unspecified atom stereocenters. The number of amides is 2. The van der Waals surface area contributed by atoms with Gasteiger partial charge < -0.3 is 14.4 Å². The van der Waals surface area contributed by atoms with Crippen molar-refractivity contribution in [1.29, 1.82) is 0 Å². The number of halogens is 1. The quantitative estimate of drug-likeness (QED) is 0.681. The molecular weight excluding hydrogens is 420 g/mol. The third-order valence-corrected chi connectivity index (χ3v) is 4.45. The van der Waals surface area contributed by atoms with Crippen molar-refractivity contribution in [3.05, 3.63) is 58.6 Å². The van der Waals surface area contributed by atoms with Crippen LogP contribution in [0.4, 0.5) is 10.5 Å². The van der Waals surface area contributed by atoms with Crippen LogP contribution in [0.2, 0.25) is 0 Å². The summed E-state index contributed by atoms with van der Waals surface area (Å²) >= 11 is 3.38. The van der Waals surface area contributed by atoms with Crippen LogP contribution in [0, 0.1) is 0 Å². The van der Waals surface area contributed by atoms with Crippen LogP contribution in [0.25, 0.3) is 0 Å². The van der Waals surface area contributed by atoms with Gasteiger partial charge in [0.2, 0.25) is 0 Å². The number of urea groups is 1. The molecule has 26 heavy (non-hydrogen) atoms. The van der Waals surface area contributed by atoms with E-state index in [1.807, 2.05) is 44.2 Å². The normalized spacial score (nSPS) is 11.3. The summed E-state index contributed by atoms with van der Waals surface area (Å²) in [5, 5.41) is 2.87. The summed E-state index contributed by atoms with van der Waals surface area (Å²) < 4.78 is 28.3. The van der Waals surface area contributed by atoms with E-state index in [2.05, 4.69) is 21.2 Å². The Morgan fingerprint density at radius 3 is 2.50 bits per heavy atom. The highest BCUT2D eigenvalue weighted by atomic mass is 79.9. The summed E-state index contributed by atoms with van der Waals surface area (Å²) in [5.74, 6) is 0.223. The lowest BCUT2D eigenvalue weighted by molar-refractivity contribution is 0.193. The maximum Gasteiger partial charge on any atom is 0.322 e. The molecule has 0 fully saturated rings. The highest BCUT2D eigenvalue weighted by Crippen LogP contribution is 2.20. The maximum atomic E-state index is 12.7. The summed E-state index contributed by atoms with van der Waals surface area (Å²) in [6, 6.07) is 13.7. The molecule has 0 radical (unpaired) electrons. The van der Waals surface area contributed by atoms with Crippen LogP contribution in [0.5, 0.6) is 5.75 Å². The van der Waals surface area contributed by atoms with Crippen molar-refractivity contribution in [3.63, 3.8) is 0 Å². The zero-order valence-electron chi connectivity index (χ0n) is 14.8. The summed E-state index contributed by atoms with van der Waals surface area (Å²) in [6.07, 6.45) is 0.992. The smallest absolute Gasteiger partial charge is 0.322 e. The van der Waals surface area contributed by atoms with Crippen LogP contribution in [-0.4, -0.2) is 31.6 Å². The number of nitrogens with one attached hydrogen (secondary N) is 1. The second-order valence-corrected chi connectivity index (χ2v) is 8.59. The highest BCUT2D eigenvalue weighted by molar-refractivity contribution is 9.10. The van der Waals surface area contributed by atoms with Gasteiger partial charge in [0.25, 0.3) is 0 Å². The van der Waals surface area contributed by atoms with Gasteiger partial charge in [-0.15, -0.1) is 0 Å². The Morgan fingerprint density at radius 2 is 1.88 bits per heavy atom. The fourth-order valence-electron chi connectivity index (χ4n) is 2.32. The Kier molecular flexibility index (Phi) is 6.66. The zero-order valence-corrected chi connectivity index (χ0v) is 17.2. The number of carbonyl (C=O) groups excluding carboxylic acids is 1. The number of nitrogens with zero attached hydrogens (tertiary/aromatic N) is 1. The number of anilines is 1. The molecule has 0 atom stereocenters. The van der Waals surface area contributed by atoms with Gasteiger partial charge in [-0.05, 0) is 49.7 Å². The predicted octanol–water partition coefficient (Wildman–Crippen LogP) is 4.23. The molecule has 2 rings (SSSR count). The Bertz CT molecular complexity index is 884. The van der Waals surface area contributed by atoms with Crippen molar-refractivity contribution in [1.82, 2.24) is 4.90 Å². The average molecular weight is 441 g/mol. The zero-order chi connectivity index (χ0) is 19.3. The summed E-state index contributed by atoms with van der Waals surface area (Å²) in [5.41, 5.74) is 1.45. The van der Waals surface area contributed by atoms with Crippen LogP contribution in [-0.2, 0) is 16.7 Å². The van der Waals surface area contributed by atoms with E-state index in [0.29, 0.717) is 12.2 Å². The van der Waals surface area contributed by atoms with E-state index in [-0.39, 0.29) is 17.8 Å². The van der Waals surface area contributed by atoms with Crippen LogP contribution in [0.3, 0.4) is 0 Å². The first kappa shape index (κ1) is 20.3. The summed E-state index contributed by atoms with van der Waals surface area (Å²) in [7, 11) is -3.60. The second kappa shape index (κ2) is 8.55. The monoisotopic (exact) mass is 440 g/mol. The van der Waals surface area contributed by atoms with Crippen molar-refractivity contribution in [2.45, 2.75) is 26.4 Å². The fourth-order valence-corrected chi connectivity index (χ4v) is 3.17. The first-order valence-electron chi connectivity index (χ1n) is 7.95. The molecule has 140 valence electrons. The molecule has 1 N–H and O–H groups in total. The number of rotatable bonds is 6. The standard InChI is InChI=1S/C18H21BrN2O4S/c1-13(2)21(18(22)20-16-8-5-7-15(19)11-16)12-14-6-4-9-17(10-14)25-26(3,23)24/h4-11,13H,12H2,1-3H3,(H,20,22). The van der Waals surface area contributed by atoms with Gasteiger partial charge in [0, 0.05) is 22.7 Å². The lowest BCUT2D eigenvalue weighted by Gasteiger charge is -2.27. The first-order valence-corrected chi connectivity index (χ1v) is 10.6. The third-order valence-electron chi connectivity index (χ3n) is 3.46. The van der Waals surface area contributed by atoms with Gasteiger partial charge in [0.1, 0.15) is 5.75 Å². The van der Waals surface area contributed by atoms with Crippen molar-refractivity contribution in [3.8, 4) is 5.75 Å². The molecule has 0 saturated heterocycles. The van der Waals surface area contributed by atoms with Crippen LogP contribution < -0.4 is 9.50 Å². The van der Waals surface area contributed by atoms with Crippen molar-refractivity contribution >= 4 is 37.8 Å². The van der Waals surface area contributed by atoms with Gasteiger partial charge in [-0.1, -0.05) is 34.1 Å². The number of benzene rings is 2. The van der Waals surface area contributed by atoms with Crippen LogP contribution >= 0.6 is 15.9 Å². The Balaban J connectivity index is 2.15. The lowest BCUT2D eigenvalue weighted by Crippen LogP contribution is -2.39. The Morgan fingerprint density at radius 1 is 1.19 bits per heavy atom. The third kappa shape index (κ3) is 6.34. The van der Waals surface area contributed by atoms with Crippen molar-refractivity contribution in [2.24, 2.45) is 0 Å². The highest BCUT2D eigenvalue weighted by Gasteiger charge is 2.18. The molecule has 2 aromatic rings. The fraction of sp³-hybridized carbons (Fsp3) is 0.278. The molecule has 0 bridgehead atoms. The van der Waals surface area contributed by atoms with Gasteiger partial charge in [-0.3, -0.25) is 0 Å². The molecule has 6 nitrogen and oxygen atoms in total. The van der Waals surface area contributed by atoms with Crippen molar-refractivity contribution in [2.75, 3.05) is 11.6 Å². The molecular formula is C18H21BrN2O4S. The molecule has 0 aliphatic heterocycles. The first-order chi connectivity index (χ1) is 12.1. The Labute approximate surface area is 162 Å². The average Bonchev–Trinajstić information content (AvgIpc) is 2.51. The van der Waals surface area contributed by atoms with Gasteiger partial charge in [-0.25, -0.2) is 4.79 Å². The molecule has 0 saturated carbocycles. The van der Waals surface area contributed by atoms with Gasteiger partial charge in [0.15, 0.2) is 0 Å². The van der Waals surface area contributed by atoms with Crippen LogP contribution in [0.1, 0.15) is 19.4 Å². The molecule has 2 amide bonds.